The molecule has 2 nitrogen and oxygen atoms in total. The van der Waals surface area contributed by atoms with Gasteiger partial charge >= 0.3 is 6.18 Å². The summed E-state index contributed by atoms with van der Waals surface area (Å²) in [4.78, 5) is 2.19. The number of hydrogen-bond acceptors (Lipinski definition) is 2. The number of alkyl halides is 3. The Morgan fingerprint density at radius 1 is 0.865 bits per heavy atom. The van der Waals surface area contributed by atoms with Gasteiger partial charge in [-0.3, -0.25) is 4.90 Å². The van der Waals surface area contributed by atoms with Crippen molar-refractivity contribution in [2.45, 2.75) is 38.0 Å². The van der Waals surface area contributed by atoms with Crippen molar-refractivity contribution < 1.29 is 13.2 Å². The van der Waals surface area contributed by atoms with E-state index in [0.717, 1.165) is 26.1 Å². The van der Waals surface area contributed by atoms with E-state index in [2.05, 4.69) is 83.9 Å². The minimum Gasteiger partial charge on any atom is -0.310 e. The molecule has 192 valence electrons. The molecule has 37 heavy (non-hydrogen) atoms. The van der Waals surface area contributed by atoms with Gasteiger partial charge in [0.25, 0.3) is 0 Å². The second-order valence-corrected chi connectivity index (χ2v) is 10.2. The van der Waals surface area contributed by atoms with Crippen LogP contribution in [0.1, 0.15) is 47.6 Å². The minimum absolute atomic E-state index is 0.194. The van der Waals surface area contributed by atoms with Gasteiger partial charge in [0, 0.05) is 25.0 Å². The van der Waals surface area contributed by atoms with Crippen LogP contribution in [0.25, 0.3) is 10.8 Å². The summed E-state index contributed by atoms with van der Waals surface area (Å²) < 4.78 is 40.8. The maximum absolute atomic E-state index is 13.6. The Morgan fingerprint density at radius 3 is 2.38 bits per heavy atom. The number of hydrogen-bond donors (Lipinski definition) is 1. The number of halogens is 3. The van der Waals surface area contributed by atoms with Crippen molar-refractivity contribution in [2.75, 3.05) is 19.6 Å². The predicted molar refractivity (Wildman–Crippen MR) is 144 cm³/mol. The van der Waals surface area contributed by atoms with Crippen LogP contribution >= 0.6 is 0 Å². The molecule has 0 amide bonds. The van der Waals surface area contributed by atoms with Crippen LogP contribution in [0.15, 0.2) is 97.1 Å². The fraction of sp³-hybridized carbons (Fsp3) is 0.312. The lowest BCUT2D eigenvalue weighted by atomic mass is 9.80. The molecular weight excluding hydrogens is 469 g/mol. The van der Waals surface area contributed by atoms with E-state index in [-0.39, 0.29) is 12.0 Å². The molecule has 1 heterocycles. The van der Waals surface area contributed by atoms with Crippen molar-refractivity contribution in [3.05, 3.63) is 119 Å². The third kappa shape index (κ3) is 5.89. The average molecular weight is 503 g/mol. The number of nitrogens with one attached hydrogen (secondary N) is 1. The zero-order valence-electron chi connectivity index (χ0n) is 21.1. The normalized spacial score (nSPS) is 19.7. The molecule has 0 spiro atoms. The molecule has 4 aromatic rings. The van der Waals surface area contributed by atoms with E-state index in [4.69, 9.17) is 0 Å². The molecule has 1 N–H and O–H groups in total. The van der Waals surface area contributed by atoms with Crippen LogP contribution in [-0.2, 0) is 12.7 Å². The molecule has 4 aromatic carbocycles. The topological polar surface area (TPSA) is 15.3 Å². The van der Waals surface area contributed by atoms with Gasteiger partial charge in [-0.05, 0) is 65.9 Å². The van der Waals surface area contributed by atoms with Gasteiger partial charge in [0.2, 0.25) is 0 Å². The van der Waals surface area contributed by atoms with Crippen LogP contribution in [-0.4, -0.2) is 24.5 Å². The largest absolute Gasteiger partial charge is 0.416 e. The van der Waals surface area contributed by atoms with Gasteiger partial charge in [-0.15, -0.1) is 0 Å². The van der Waals surface area contributed by atoms with Crippen molar-refractivity contribution in [1.29, 1.82) is 0 Å². The first-order valence-corrected chi connectivity index (χ1v) is 13.0. The molecule has 5 heteroatoms. The van der Waals surface area contributed by atoms with E-state index in [9.17, 15) is 13.2 Å². The molecule has 5 rings (SSSR count). The maximum atomic E-state index is 13.6. The first-order chi connectivity index (χ1) is 17.9. The molecule has 1 fully saturated rings. The summed E-state index contributed by atoms with van der Waals surface area (Å²) in [5.74, 6) is 0.647. The molecule has 0 saturated carbocycles. The first-order valence-electron chi connectivity index (χ1n) is 13.0. The van der Waals surface area contributed by atoms with Crippen LogP contribution < -0.4 is 5.32 Å². The van der Waals surface area contributed by atoms with E-state index in [1.54, 1.807) is 12.1 Å². The maximum Gasteiger partial charge on any atom is 0.416 e. The highest BCUT2D eigenvalue weighted by Gasteiger charge is 2.35. The first kappa shape index (κ1) is 25.5. The van der Waals surface area contributed by atoms with Gasteiger partial charge in [0.1, 0.15) is 0 Å². The van der Waals surface area contributed by atoms with Crippen molar-refractivity contribution in [1.82, 2.24) is 10.2 Å². The third-order valence-corrected chi connectivity index (χ3v) is 7.76. The molecule has 2 unspecified atom stereocenters. The summed E-state index contributed by atoms with van der Waals surface area (Å²) >= 11 is 0. The average Bonchev–Trinajstić information content (AvgIpc) is 2.92. The number of rotatable bonds is 7. The molecule has 1 saturated heterocycles. The number of likely N-dealkylation sites (tertiary alicyclic amines) is 1. The van der Waals surface area contributed by atoms with Crippen LogP contribution in [0.4, 0.5) is 13.2 Å². The SMILES string of the molecule is C[C@@H](NCC1CCN(Cc2ccccc2C(F)(F)F)CC1c1ccccc1)c1cccc2ccccc12. The van der Waals surface area contributed by atoms with Gasteiger partial charge in [-0.25, -0.2) is 0 Å². The Bertz CT molecular complexity index is 1310. The molecule has 1 aliphatic rings. The Balaban J connectivity index is 1.32. The number of nitrogens with zero attached hydrogens (tertiary/aromatic N) is 1. The van der Waals surface area contributed by atoms with Gasteiger partial charge in [-0.1, -0.05) is 91.0 Å². The Hall–Kier alpha value is -3.15. The van der Waals surface area contributed by atoms with Gasteiger partial charge in [0.05, 0.1) is 5.56 Å². The van der Waals surface area contributed by atoms with Crippen molar-refractivity contribution >= 4 is 10.8 Å². The fourth-order valence-corrected chi connectivity index (χ4v) is 5.78. The monoisotopic (exact) mass is 502 g/mol. The second-order valence-electron chi connectivity index (χ2n) is 10.2. The lowest BCUT2D eigenvalue weighted by molar-refractivity contribution is -0.138. The van der Waals surface area contributed by atoms with Crippen molar-refractivity contribution in [3.63, 3.8) is 0 Å². The number of benzene rings is 4. The molecular formula is C32H33F3N2. The van der Waals surface area contributed by atoms with Gasteiger partial charge in [-0.2, -0.15) is 13.2 Å². The van der Waals surface area contributed by atoms with E-state index in [1.807, 2.05) is 6.07 Å². The van der Waals surface area contributed by atoms with Crippen LogP contribution in [0.5, 0.6) is 0 Å². The molecule has 0 bridgehead atoms. The lowest BCUT2D eigenvalue weighted by Gasteiger charge is -2.40. The third-order valence-electron chi connectivity index (χ3n) is 7.76. The summed E-state index contributed by atoms with van der Waals surface area (Å²) in [7, 11) is 0. The van der Waals surface area contributed by atoms with Crippen molar-refractivity contribution in [3.8, 4) is 0 Å². The lowest BCUT2D eigenvalue weighted by Crippen LogP contribution is -2.42. The Labute approximate surface area is 217 Å². The van der Waals surface area contributed by atoms with Crippen LogP contribution in [0.3, 0.4) is 0 Å². The summed E-state index contributed by atoms with van der Waals surface area (Å²) in [6.45, 7) is 4.90. The zero-order valence-corrected chi connectivity index (χ0v) is 21.1. The highest BCUT2D eigenvalue weighted by atomic mass is 19.4. The van der Waals surface area contributed by atoms with Crippen LogP contribution in [0.2, 0.25) is 0 Å². The molecule has 1 aliphatic heterocycles. The summed E-state index contributed by atoms with van der Waals surface area (Å²) in [6.07, 6.45) is -3.40. The van der Waals surface area contributed by atoms with Crippen LogP contribution in [0, 0.1) is 5.92 Å². The summed E-state index contributed by atoms with van der Waals surface area (Å²) in [5.41, 5.74) is 2.36. The standard InChI is InChI=1S/C32H33F3N2/c1-23(28-16-9-14-24-12-5-7-15-29(24)28)36-20-26-18-19-37(22-30(26)25-10-3-2-4-11-25)21-27-13-6-8-17-31(27)32(33,34)35/h2-17,23,26,30,36H,18-22H2,1H3/t23-,26?,30?/m1/s1. The van der Waals surface area contributed by atoms with E-state index in [1.165, 1.54) is 34.0 Å². The van der Waals surface area contributed by atoms with Gasteiger partial charge in [0.15, 0.2) is 0 Å². The smallest absolute Gasteiger partial charge is 0.310 e. The molecule has 0 aliphatic carbocycles. The van der Waals surface area contributed by atoms with E-state index in [0.29, 0.717) is 18.0 Å². The highest BCUT2D eigenvalue weighted by molar-refractivity contribution is 5.86. The van der Waals surface area contributed by atoms with E-state index < -0.39 is 11.7 Å². The minimum atomic E-state index is -4.34. The van der Waals surface area contributed by atoms with E-state index >= 15 is 0 Å². The Kier molecular flexibility index (Phi) is 7.63. The number of piperidine rings is 1. The van der Waals surface area contributed by atoms with Gasteiger partial charge < -0.3 is 5.32 Å². The second kappa shape index (κ2) is 11.1. The number of fused-ring (bicyclic) bond motifs is 1. The quantitative estimate of drug-likeness (QED) is 0.277. The summed E-state index contributed by atoms with van der Waals surface area (Å²) in [5, 5.41) is 6.29. The predicted octanol–water partition coefficient (Wildman–Crippen LogP) is 7.82. The molecule has 0 aromatic heterocycles. The molecule has 3 atom stereocenters. The summed E-state index contributed by atoms with van der Waals surface area (Å²) in [6, 6.07) is 31.5. The van der Waals surface area contributed by atoms with Crippen molar-refractivity contribution in [2.24, 2.45) is 5.92 Å². The Morgan fingerprint density at radius 2 is 1.57 bits per heavy atom. The zero-order chi connectivity index (χ0) is 25.8. The fourth-order valence-electron chi connectivity index (χ4n) is 5.78. The highest BCUT2D eigenvalue weighted by Crippen LogP contribution is 2.36. The molecule has 0 radical (unpaired) electrons.